The third kappa shape index (κ3) is 4.03. The molecule has 0 heterocycles. The molecular weight excluding hydrogens is 283 g/mol. The van der Waals surface area contributed by atoms with Crippen LogP contribution in [0.2, 0.25) is 0 Å². The van der Waals surface area contributed by atoms with Crippen LogP contribution in [0, 0.1) is 5.41 Å². The molecule has 0 fully saturated rings. The summed E-state index contributed by atoms with van der Waals surface area (Å²) < 4.78 is 7.04. The van der Waals surface area contributed by atoms with Gasteiger partial charge >= 0.3 is 95.7 Å². The van der Waals surface area contributed by atoms with Gasteiger partial charge in [-0.05, 0) is 0 Å². The van der Waals surface area contributed by atoms with Crippen molar-refractivity contribution in [2.75, 3.05) is 0 Å². The van der Waals surface area contributed by atoms with Crippen LogP contribution < -0.4 is 24.8 Å². The smallest absolute Gasteiger partial charge is 1.00 e. The van der Waals surface area contributed by atoms with Crippen LogP contribution in [0.5, 0.6) is 0 Å². The monoisotopic (exact) mass is 299 g/mol. The maximum absolute atomic E-state index is 5.55. The summed E-state index contributed by atoms with van der Waals surface area (Å²) in [5.74, 6) is 0. The molecule has 0 bridgehead atoms. The topological polar surface area (TPSA) is 9.23 Å². The zero-order valence-corrected chi connectivity index (χ0v) is 14.7. The van der Waals surface area contributed by atoms with Gasteiger partial charge in [-0.25, -0.2) is 0 Å². The molecule has 1 unspecified atom stereocenters. The third-order valence-corrected chi connectivity index (χ3v) is 4.44. The number of hydrogen-bond donors (Lipinski definition) is 0. The van der Waals surface area contributed by atoms with Crippen LogP contribution in [0.15, 0.2) is 21.6 Å². The van der Waals surface area contributed by atoms with Crippen LogP contribution in [0.25, 0.3) is 0 Å². The van der Waals surface area contributed by atoms with Crippen molar-refractivity contribution in [1.29, 1.82) is 0 Å². The SMILES string of the molecule is CC(O[SiH3])C(C)(C)C1=[C]([Ti+2])CC=C1.[Cl-].[Cl-]. The van der Waals surface area contributed by atoms with Crippen molar-refractivity contribution in [2.45, 2.75) is 33.3 Å². The van der Waals surface area contributed by atoms with Gasteiger partial charge in [0, 0.05) is 0 Å². The first-order valence-electron chi connectivity index (χ1n) is 4.64. The molecule has 0 saturated carbocycles. The summed E-state index contributed by atoms with van der Waals surface area (Å²) >= 11 is 2.22. The Morgan fingerprint density at radius 3 is 2.33 bits per heavy atom. The molecule has 0 spiro atoms. The average Bonchev–Trinajstić information content (AvgIpc) is 2.50. The molecular formula is C10H17Cl2OSiTi. The van der Waals surface area contributed by atoms with Crippen molar-refractivity contribution >= 4 is 10.5 Å². The minimum Gasteiger partial charge on any atom is -1.00 e. The van der Waals surface area contributed by atoms with Crippen molar-refractivity contribution in [2.24, 2.45) is 5.41 Å². The fourth-order valence-electron chi connectivity index (χ4n) is 1.62. The summed E-state index contributed by atoms with van der Waals surface area (Å²) in [6, 6.07) is 0. The van der Waals surface area contributed by atoms with Crippen LogP contribution in [-0.4, -0.2) is 16.6 Å². The molecule has 0 amide bonds. The fourth-order valence-corrected chi connectivity index (χ4v) is 3.03. The Kier molecular flexibility index (Phi) is 8.93. The molecule has 1 rings (SSSR count). The van der Waals surface area contributed by atoms with E-state index >= 15 is 0 Å². The van der Waals surface area contributed by atoms with Crippen LogP contribution >= 0.6 is 0 Å². The summed E-state index contributed by atoms with van der Waals surface area (Å²) in [7, 11) is 0.822. The molecule has 15 heavy (non-hydrogen) atoms. The Morgan fingerprint density at radius 1 is 1.47 bits per heavy atom. The predicted molar refractivity (Wildman–Crippen MR) is 55.1 cm³/mol. The Hall–Kier alpha value is 0.951. The van der Waals surface area contributed by atoms with E-state index < -0.39 is 0 Å². The van der Waals surface area contributed by atoms with Crippen LogP contribution in [0.3, 0.4) is 0 Å². The van der Waals surface area contributed by atoms with Crippen molar-refractivity contribution in [3.8, 4) is 0 Å². The molecule has 0 aromatic heterocycles. The Bertz CT molecular complexity index is 264. The van der Waals surface area contributed by atoms with E-state index in [4.69, 9.17) is 4.43 Å². The first-order valence-corrected chi connectivity index (χ1v) is 6.24. The van der Waals surface area contributed by atoms with Gasteiger partial charge in [-0.1, -0.05) is 0 Å². The van der Waals surface area contributed by atoms with Crippen LogP contribution in [0.4, 0.5) is 0 Å². The summed E-state index contributed by atoms with van der Waals surface area (Å²) in [6.45, 7) is 6.70. The van der Waals surface area contributed by atoms with Crippen molar-refractivity contribution in [3.05, 3.63) is 21.6 Å². The molecule has 0 aliphatic heterocycles. The summed E-state index contributed by atoms with van der Waals surface area (Å²) in [4.78, 5) is 0. The molecule has 1 atom stereocenters. The average molecular weight is 300 g/mol. The van der Waals surface area contributed by atoms with Crippen molar-refractivity contribution < 1.29 is 49.7 Å². The fraction of sp³-hybridized carbons (Fsp3) is 0.600. The quantitative estimate of drug-likeness (QED) is 0.477. The number of hydrogen-bond acceptors (Lipinski definition) is 1. The Balaban J connectivity index is 0. The number of rotatable bonds is 3. The molecule has 0 aromatic rings. The van der Waals surface area contributed by atoms with E-state index in [9.17, 15) is 0 Å². The van der Waals surface area contributed by atoms with Gasteiger partial charge in [0.25, 0.3) is 0 Å². The van der Waals surface area contributed by atoms with Gasteiger partial charge in [0.05, 0.1) is 0 Å². The standard InChI is InChI=1S/C10H17OSi.2ClH.Ti/c1-8(11-12)10(2,3)9-6-4-5-7-9;;;/h4,6,8H,5H2,1-3,12H3;2*1H;/q;;;+2/p-2. The Labute approximate surface area is 120 Å². The summed E-state index contributed by atoms with van der Waals surface area (Å²) in [5, 5.41) is 0. The van der Waals surface area contributed by atoms with E-state index in [1.54, 1.807) is 0 Å². The van der Waals surface area contributed by atoms with E-state index in [1.807, 2.05) is 0 Å². The van der Waals surface area contributed by atoms with Gasteiger partial charge < -0.3 is 24.8 Å². The molecule has 1 nitrogen and oxygen atoms in total. The van der Waals surface area contributed by atoms with Gasteiger partial charge in [0.15, 0.2) is 0 Å². The van der Waals surface area contributed by atoms with Gasteiger partial charge in [-0.2, -0.15) is 0 Å². The minimum absolute atomic E-state index is 0. The molecule has 1 aliphatic carbocycles. The molecule has 0 radical (unpaired) electrons. The van der Waals surface area contributed by atoms with Gasteiger partial charge in [-0.15, -0.1) is 0 Å². The van der Waals surface area contributed by atoms with Crippen molar-refractivity contribution in [1.82, 2.24) is 0 Å². The molecule has 1 aliphatic rings. The zero-order valence-electron chi connectivity index (χ0n) is 9.60. The number of halogens is 2. The second-order valence-corrected chi connectivity index (χ2v) is 5.51. The molecule has 0 aromatic carbocycles. The van der Waals surface area contributed by atoms with E-state index in [0.29, 0.717) is 6.10 Å². The van der Waals surface area contributed by atoms with E-state index in [2.05, 4.69) is 53.4 Å². The van der Waals surface area contributed by atoms with Gasteiger partial charge in [-0.3, -0.25) is 0 Å². The van der Waals surface area contributed by atoms with Crippen LogP contribution in [0.1, 0.15) is 27.2 Å². The van der Waals surface area contributed by atoms with Gasteiger partial charge in [0.1, 0.15) is 0 Å². The molecule has 0 saturated heterocycles. The van der Waals surface area contributed by atoms with Crippen molar-refractivity contribution in [3.63, 3.8) is 0 Å². The summed E-state index contributed by atoms with van der Waals surface area (Å²) in [5.41, 5.74) is 1.63. The third-order valence-electron chi connectivity index (χ3n) is 3.00. The van der Waals surface area contributed by atoms with Gasteiger partial charge in [0.2, 0.25) is 0 Å². The normalized spacial score (nSPS) is 17.4. The largest absolute Gasteiger partial charge is 1.00 e. The maximum atomic E-state index is 5.55. The van der Waals surface area contributed by atoms with E-state index in [0.717, 1.165) is 16.9 Å². The van der Waals surface area contributed by atoms with Crippen LogP contribution in [-0.2, 0) is 24.9 Å². The second kappa shape index (κ2) is 7.31. The maximum Gasteiger partial charge on any atom is -1.00 e. The predicted octanol–water partition coefficient (Wildman–Crippen LogP) is -4.53. The second-order valence-electron chi connectivity index (χ2n) is 4.10. The number of allylic oxidation sites excluding steroid dienone is 3. The molecule has 85 valence electrons. The Morgan fingerprint density at radius 2 is 2.00 bits per heavy atom. The van der Waals surface area contributed by atoms with E-state index in [-0.39, 0.29) is 30.2 Å². The van der Waals surface area contributed by atoms with E-state index in [1.165, 1.54) is 9.45 Å². The summed E-state index contributed by atoms with van der Waals surface area (Å²) in [6.07, 6.45) is 5.94. The first kappa shape index (κ1) is 18.3. The minimum atomic E-state index is 0. The molecule has 5 heteroatoms. The first-order chi connectivity index (χ1) is 6.00. The zero-order chi connectivity index (χ0) is 10.1. The molecule has 0 N–H and O–H groups in total.